The minimum Gasteiger partial charge on any atom is -0.497 e. The fraction of sp³-hybridized carbons (Fsp3) is 0.375. The van der Waals surface area contributed by atoms with Crippen molar-refractivity contribution in [2.45, 2.75) is 51.6 Å². The summed E-state index contributed by atoms with van der Waals surface area (Å²) < 4.78 is 10.7. The minimum atomic E-state index is -0.134. The van der Waals surface area contributed by atoms with Crippen molar-refractivity contribution in [2.75, 3.05) is 12.4 Å². The molecule has 3 aromatic rings. The van der Waals surface area contributed by atoms with Gasteiger partial charge in [-0.15, -0.1) is 0 Å². The number of aromatic nitrogens is 2. The van der Waals surface area contributed by atoms with Crippen LogP contribution in [0.5, 0.6) is 5.75 Å². The van der Waals surface area contributed by atoms with E-state index in [4.69, 9.17) is 9.26 Å². The van der Waals surface area contributed by atoms with Crippen LogP contribution in [0, 0.1) is 6.92 Å². The Morgan fingerprint density at radius 2 is 1.87 bits per heavy atom. The highest BCUT2D eigenvalue weighted by molar-refractivity contribution is 5.90. The van der Waals surface area contributed by atoms with E-state index in [0.717, 1.165) is 48.2 Å². The largest absolute Gasteiger partial charge is 0.497 e. The summed E-state index contributed by atoms with van der Waals surface area (Å²) in [6.07, 6.45) is 5.44. The van der Waals surface area contributed by atoms with Crippen molar-refractivity contribution in [3.63, 3.8) is 0 Å². The first-order valence-electron chi connectivity index (χ1n) is 10.7. The second-order valence-electron chi connectivity index (χ2n) is 7.91. The lowest BCUT2D eigenvalue weighted by Crippen LogP contribution is -2.43. The lowest BCUT2D eigenvalue weighted by atomic mass is 9.94. The lowest BCUT2D eigenvalue weighted by molar-refractivity contribution is 0.151. The van der Waals surface area contributed by atoms with E-state index in [1.165, 1.54) is 6.42 Å². The molecule has 2 amide bonds. The third-order valence-electron chi connectivity index (χ3n) is 5.78. The van der Waals surface area contributed by atoms with Gasteiger partial charge in [0.15, 0.2) is 0 Å². The van der Waals surface area contributed by atoms with E-state index >= 15 is 0 Å². The fourth-order valence-corrected chi connectivity index (χ4v) is 3.98. The van der Waals surface area contributed by atoms with E-state index in [9.17, 15) is 4.79 Å². The summed E-state index contributed by atoms with van der Waals surface area (Å²) in [5.74, 6) is 1.70. The molecule has 0 spiro atoms. The SMILES string of the molecule is COc1ccc(-c2noc(CN(C(=O)Nc3ccccc3C)C3CCCCC3)n2)cc1. The van der Waals surface area contributed by atoms with Gasteiger partial charge in [0.2, 0.25) is 11.7 Å². The number of urea groups is 1. The predicted molar refractivity (Wildman–Crippen MR) is 119 cm³/mol. The number of amides is 2. The number of carbonyl (C=O) groups is 1. The first-order chi connectivity index (χ1) is 15.1. The van der Waals surface area contributed by atoms with Crippen molar-refractivity contribution in [2.24, 2.45) is 0 Å². The maximum Gasteiger partial charge on any atom is 0.322 e. The van der Waals surface area contributed by atoms with Gasteiger partial charge < -0.3 is 19.5 Å². The van der Waals surface area contributed by atoms with Crippen molar-refractivity contribution in [3.8, 4) is 17.1 Å². The van der Waals surface area contributed by atoms with Crippen LogP contribution in [0.3, 0.4) is 0 Å². The molecule has 0 aliphatic heterocycles. The molecule has 2 aromatic carbocycles. The molecular formula is C24H28N4O3. The molecule has 1 N–H and O–H groups in total. The number of carbonyl (C=O) groups excluding carboxylic acids is 1. The van der Waals surface area contributed by atoms with Crippen molar-refractivity contribution in [1.29, 1.82) is 0 Å². The number of nitrogens with zero attached hydrogens (tertiary/aromatic N) is 3. The van der Waals surface area contributed by atoms with E-state index in [0.29, 0.717) is 11.7 Å². The monoisotopic (exact) mass is 420 g/mol. The van der Waals surface area contributed by atoms with Gasteiger partial charge in [-0.3, -0.25) is 0 Å². The van der Waals surface area contributed by atoms with Crippen molar-refractivity contribution >= 4 is 11.7 Å². The molecule has 1 heterocycles. The summed E-state index contributed by atoms with van der Waals surface area (Å²) >= 11 is 0. The zero-order valence-corrected chi connectivity index (χ0v) is 18.0. The van der Waals surface area contributed by atoms with Gasteiger partial charge in [0.25, 0.3) is 0 Å². The van der Waals surface area contributed by atoms with E-state index in [1.54, 1.807) is 7.11 Å². The molecule has 0 bridgehead atoms. The Bertz CT molecular complexity index is 1010. The smallest absolute Gasteiger partial charge is 0.322 e. The van der Waals surface area contributed by atoms with Crippen molar-refractivity contribution < 1.29 is 14.1 Å². The van der Waals surface area contributed by atoms with Gasteiger partial charge in [0.1, 0.15) is 12.3 Å². The standard InChI is InChI=1S/C24H28N4O3/c1-17-8-6-7-11-21(17)25-24(29)28(19-9-4-3-5-10-19)16-22-26-23(27-31-22)18-12-14-20(30-2)15-13-18/h6-8,11-15,19H,3-5,9-10,16H2,1-2H3,(H,25,29). The molecule has 162 valence electrons. The Balaban J connectivity index is 1.52. The van der Waals surface area contributed by atoms with E-state index in [2.05, 4.69) is 15.5 Å². The van der Waals surface area contributed by atoms with Crippen LogP contribution in [0.2, 0.25) is 0 Å². The minimum absolute atomic E-state index is 0.134. The summed E-state index contributed by atoms with van der Waals surface area (Å²) in [5, 5.41) is 7.17. The van der Waals surface area contributed by atoms with Gasteiger partial charge in [0.05, 0.1) is 7.11 Å². The molecule has 7 nitrogen and oxygen atoms in total. The van der Waals surface area contributed by atoms with Gasteiger partial charge in [-0.2, -0.15) is 4.98 Å². The molecule has 1 aliphatic carbocycles. The molecular weight excluding hydrogens is 392 g/mol. The number of hydrogen-bond acceptors (Lipinski definition) is 5. The summed E-state index contributed by atoms with van der Waals surface area (Å²) in [5.41, 5.74) is 2.68. The summed E-state index contributed by atoms with van der Waals surface area (Å²) in [6.45, 7) is 2.27. The topological polar surface area (TPSA) is 80.5 Å². The number of ether oxygens (including phenoxy) is 1. The molecule has 0 radical (unpaired) electrons. The van der Waals surface area contributed by atoms with Gasteiger partial charge >= 0.3 is 6.03 Å². The zero-order chi connectivity index (χ0) is 21.6. The Morgan fingerprint density at radius 1 is 1.13 bits per heavy atom. The van der Waals surface area contributed by atoms with E-state index < -0.39 is 0 Å². The van der Waals surface area contributed by atoms with Crippen molar-refractivity contribution in [1.82, 2.24) is 15.0 Å². The van der Waals surface area contributed by atoms with Crippen LogP contribution in [-0.4, -0.2) is 34.2 Å². The number of hydrogen-bond donors (Lipinski definition) is 1. The average molecular weight is 421 g/mol. The van der Waals surface area contributed by atoms with Crippen LogP contribution in [0.15, 0.2) is 53.1 Å². The molecule has 7 heteroatoms. The molecule has 31 heavy (non-hydrogen) atoms. The maximum absolute atomic E-state index is 13.2. The number of benzene rings is 2. The molecule has 0 unspecified atom stereocenters. The Kier molecular flexibility index (Phi) is 6.50. The van der Waals surface area contributed by atoms with Gasteiger partial charge in [0, 0.05) is 17.3 Å². The van der Waals surface area contributed by atoms with Crippen molar-refractivity contribution in [3.05, 3.63) is 60.0 Å². The van der Waals surface area contributed by atoms with Crippen LogP contribution in [-0.2, 0) is 6.54 Å². The van der Waals surface area contributed by atoms with E-state index in [1.807, 2.05) is 60.4 Å². The molecule has 1 fully saturated rings. The predicted octanol–water partition coefficient (Wildman–Crippen LogP) is 5.42. The number of para-hydroxylation sites is 1. The fourth-order valence-electron chi connectivity index (χ4n) is 3.98. The number of aryl methyl sites for hydroxylation is 1. The molecule has 1 saturated carbocycles. The Hall–Kier alpha value is -3.35. The highest BCUT2D eigenvalue weighted by atomic mass is 16.5. The second kappa shape index (κ2) is 9.64. The average Bonchev–Trinajstić information content (AvgIpc) is 3.28. The number of rotatable bonds is 6. The summed E-state index contributed by atoms with van der Waals surface area (Å²) in [7, 11) is 1.63. The second-order valence-corrected chi connectivity index (χ2v) is 7.91. The first kappa shape index (κ1) is 20.9. The zero-order valence-electron chi connectivity index (χ0n) is 18.0. The van der Waals surface area contributed by atoms with Gasteiger partial charge in [-0.25, -0.2) is 4.79 Å². The quantitative estimate of drug-likeness (QED) is 0.576. The normalized spacial score (nSPS) is 14.3. The third kappa shape index (κ3) is 5.05. The first-order valence-corrected chi connectivity index (χ1v) is 10.7. The number of nitrogens with one attached hydrogen (secondary N) is 1. The lowest BCUT2D eigenvalue weighted by Gasteiger charge is -2.33. The Labute approximate surface area is 182 Å². The highest BCUT2D eigenvalue weighted by Gasteiger charge is 2.28. The van der Waals surface area contributed by atoms with Gasteiger partial charge in [-0.1, -0.05) is 42.6 Å². The van der Waals surface area contributed by atoms with Gasteiger partial charge in [-0.05, 0) is 55.7 Å². The van der Waals surface area contributed by atoms with Crippen LogP contribution < -0.4 is 10.1 Å². The van der Waals surface area contributed by atoms with Crippen LogP contribution in [0.4, 0.5) is 10.5 Å². The highest BCUT2D eigenvalue weighted by Crippen LogP contribution is 2.26. The molecule has 0 atom stereocenters. The van der Waals surface area contributed by atoms with Crippen LogP contribution in [0.1, 0.15) is 43.6 Å². The summed E-state index contributed by atoms with van der Waals surface area (Å²) in [4.78, 5) is 19.6. The number of anilines is 1. The van der Waals surface area contributed by atoms with Crippen LogP contribution in [0.25, 0.3) is 11.4 Å². The molecule has 1 aliphatic rings. The molecule has 0 saturated heterocycles. The molecule has 4 rings (SSSR count). The Morgan fingerprint density at radius 3 is 2.58 bits per heavy atom. The number of methoxy groups -OCH3 is 1. The van der Waals surface area contributed by atoms with E-state index in [-0.39, 0.29) is 18.6 Å². The molecule has 1 aromatic heterocycles. The van der Waals surface area contributed by atoms with Crippen LogP contribution >= 0.6 is 0 Å². The summed E-state index contributed by atoms with van der Waals surface area (Å²) in [6, 6.07) is 15.3. The maximum atomic E-state index is 13.2. The third-order valence-corrected chi connectivity index (χ3v) is 5.78.